The lowest BCUT2D eigenvalue weighted by atomic mass is 9.74. The van der Waals surface area contributed by atoms with Crippen molar-refractivity contribution in [1.82, 2.24) is 0 Å². The van der Waals surface area contributed by atoms with Crippen LogP contribution in [0.4, 0.5) is 0 Å². The second-order valence-corrected chi connectivity index (χ2v) is 17.3. The molecule has 0 spiro atoms. The van der Waals surface area contributed by atoms with E-state index >= 15 is 0 Å². The van der Waals surface area contributed by atoms with Crippen molar-refractivity contribution in [3.63, 3.8) is 0 Å². The van der Waals surface area contributed by atoms with Gasteiger partial charge in [0.1, 0.15) is 0 Å². The van der Waals surface area contributed by atoms with Gasteiger partial charge in [0, 0.05) is 4.47 Å². The predicted octanol–water partition coefficient (Wildman–Crippen LogP) is 14.4. The molecular weight excluding hydrogens is 771 g/mol. The quantitative estimate of drug-likeness (QED) is 0.154. The summed E-state index contributed by atoms with van der Waals surface area (Å²) in [4.78, 5) is 0. The van der Waals surface area contributed by atoms with Gasteiger partial charge in [-0.15, -0.1) is 0 Å². The fourth-order valence-corrected chi connectivity index (χ4v) is 9.20. The first-order valence-corrected chi connectivity index (χ1v) is 20.8. The molecule has 2 aliphatic carbocycles. The summed E-state index contributed by atoms with van der Waals surface area (Å²) in [5, 5.41) is 0. The van der Waals surface area contributed by atoms with Crippen LogP contribution in [0, 0.1) is 0 Å². The lowest BCUT2D eigenvalue weighted by Gasteiger charge is -2.32. The fourth-order valence-electron chi connectivity index (χ4n) is 8.84. The van der Waals surface area contributed by atoms with Crippen LogP contribution in [0.15, 0.2) is 186 Å². The largest absolute Gasteiger partial charge is 0.494 e. The van der Waals surface area contributed by atoms with Gasteiger partial charge in [0.15, 0.2) is 0 Å². The zero-order valence-electron chi connectivity index (χ0n) is 33.1. The number of hydrogen-bond acceptors (Lipinski definition) is 2. The van der Waals surface area contributed by atoms with Gasteiger partial charge < -0.3 is 9.31 Å². The average molecular weight is 814 g/mol. The van der Waals surface area contributed by atoms with E-state index in [-0.39, 0.29) is 18.3 Å². The molecule has 280 valence electrons. The maximum Gasteiger partial charge on any atom is 0.494 e. The minimum Gasteiger partial charge on any atom is -0.399 e. The van der Waals surface area contributed by atoms with E-state index in [2.05, 4.69) is 226 Å². The fraction of sp³-hybridized carbons (Fsp3) is 0.111. The van der Waals surface area contributed by atoms with Crippen LogP contribution < -0.4 is 5.46 Å². The van der Waals surface area contributed by atoms with Crippen LogP contribution in [0.1, 0.15) is 27.7 Å². The number of halogens is 1. The van der Waals surface area contributed by atoms with Crippen LogP contribution in [0.5, 0.6) is 0 Å². The second kappa shape index (κ2) is 14.3. The Hall–Kier alpha value is -5.78. The van der Waals surface area contributed by atoms with Crippen LogP contribution in [0.3, 0.4) is 0 Å². The summed E-state index contributed by atoms with van der Waals surface area (Å²) >= 11 is 3.66. The molecule has 1 heterocycles. The SMILES string of the molecule is Brc1ccc2c(c1)-c1ccccc1-c1ccccc1-c1ccccc1-2.CC1(C)OB(c2ccc3c(c2)-c2ccccc2-c2ccccc2-c2ccccc2-3)OC1(C)C. The van der Waals surface area contributed by atoms with Gasteiger partial charge >= 0.3 is 7.12 Å². The minimum atomic E-state index is -0.388. The molecule has 58 heavy (non-hydrogen) atoms. The van der Waals surface area contributed by atoms with E-state index in [0.29, 0.717) is 0 Å². The van der Waals surface area contributed by atoms with E-state index in [1.54, 1.807) is 0 Å². The molecule has 4 heteroatoms. The first kappa shape index (κ1) is 36.6. The van der Waals surface area contributed by atoms with Crippen LogP contribution in [-0.4, -0.2) is 18.3 Å². The van der Waals surface area contributed by atoms with Gasteiger partial charge in [-0.05, 0) is 134 Å². The highest BCUT2D eigenvalue weighted by Crippen LogP contribution is 2.49. The lowest BCUT2D eigenvalue weighted by Crippen LogP contribution is -2.41. The molecule has 0 aromatic heterocycles. The molecule has 0 atom stereocenters. The van der Waals surface area contributed by atoms with E-state index in [4.69, 9.17) is 9.31 Å². The summed E-state index contributed by atoms with van der Waals surface area (Å²) in [6, 6.07) is 65.5. The smallest absolute Gasteiger partial charge is 0.399 e. The number of benzene rings is 8. The Labute approximate surface area is 350 Å². The van der Waals surface area contributed by atoms with Gasteiger partial charge in [0.2, 0.25) is 0 Å². The molecular formula is C54H42BBrO2. The van der Waals surface area contributed by atoms with E-state index in [9.17, 15) is 0 Å². The molecule has 2 nitrogen and oxygen atoms in total. The molecule has 1 aliphatic heterocycles. The highest BCUT2D eigenvalue weighted by atomic mass is 79.9. The third-order valence-electron chi connectivity index (χ3n) is 12.4. The van der Waals surface area contributed by atoms with Gasteiger partial charge in [-0.1, -0.05) is 186 Å². The van der Waals surface area contributed by atoms with Crippen molar-refractivity contribution in [3.8, 4) is 89.0 Å². The molecule has 0 bridgehead atoms. The van der Waals surface area contributed by atoms with Gasteiger partial charge in [0.25, 0.3) is 0 Å². The van der Waals surface area contributed by atoms with Crippen molar-refractivity contribution >= 4 is 28.5 Å². The van der Waals surface area contributed by atoms with Gasteiger partial charge in [-0.25, -0.2) is 0 Å². The zero-order valence-corrected chi connectivity index (χ0v) is 34.7. The number of rotatable bonds is 1. The summed E-state index contributed by atoms with van der Waals surface area (Å²) in [6.45, 7) is 8.40. The van der Waals surface area contributed by atoms with Crippen molar-refractivity contribution in [2.24, 2.45) is 0 Å². The first-order valence-electron chi connectivity index (χ1n) is 20.0. The third-order valence-corrected chi connectivity index (χ3v) is 12.9. The first-order chi connectivity index (χ1) is 28.2. The molecule has 3 aliphatic rings. The van der Waals surface area contributed by atoms with Crippen molar-refractivity contribution in [2.75, 3.05) is 0 Å². The standard InChI is InChI=1S/C30H27BO2.C24H15Br/c1-29(2)30(3,4)33-31(32-29)20-17-18-27-25-15-8-7-13-23(25)21-11-5-6-12-22(21)24-14-9-10-16-26(24)28(27)19-20;25-16-13-14-23-21-11-4-3-9-19(21)17-7-1-2-8-18(17)20-10-5-6-12-22(20)24(23)15-16/h5-19H,1-4H3;1-15H. The monoisotopic (exact) mass is 812 g/mol. The summed E-state index contributed by atoms with van der Waals surface area (Å²) in [7, 11) is -0.388. The Morgan fingerprint density at radius 3 is 0.862 bits per heavy atom. The summed E-state index contributed by atoms with van der Waals surface area (Å²) in [5.74, 6) is 0. The molecule has 0 unspecified atom stereocenters. The van der Waals surface area contributed by atoms with Crippen LogP contribution in [0.2, 0.25) is 0 Å². The van der Waals surface area contributed by atoms with Gasteiger partial charge in [-0.3, -0.25) is 0 Å². The molecule has 11 rings (SSSR count). The summed E-state index contributed by atoms with van der Waals surface area (Å²) in [5.41, 5.74) is 20.5. The number of hydrogen-bond donors (Lipinski definition) is 0. The molecule has 8 aromatic rings. The highest BCUT2D eigenvalue weighted by molar-refractivity contribution is 9.10. The van der Waals surface area contributed by atoms with Gasteiger partial charge in [-0.2, -0.15) is 0 Å². The number of fused-ring (bicyclic) bond motifs is 16. The van der Waals surface area contributed by atoms with Crippen molar-refractivity contribution in [2.45, 2.75) is 38.9 Å². The van der Waals surface area contributed by atoms with Crippen LogP contribution >= 0.6 is 15.9 Å². The van der Waals surface area contributed by atoms with E-state index in [0.717, 1.165) is 9.94 Å². The van der Waals surface area contributed by atoms with Crippen LogP contribution in [0.25, 0.3) is 89.0 Å². The molecule has 1 saturated heterocycles. The Bertz CT molecular complexity index is 2860. The average Bonchev–Trinajstić information content (AvgIpc) is 3.48. The molecule has 0 N–H and O–H groups in total. The maximum atomic E-state index is 6.39. The van der Waals surface area contributed by atoms with E-state index in [1.807, 2.05) is 0 Å². The Kier molecular flexibility index (Phi) is 8.98. The van der Waals surface area contributed by atoms with Crippen molar-refractivity contribution in [1.29, 1.82) is 0 Å². The normalized spacial score (nSPS) is 14.7. The van der Waals surface area contributed by atoms with Crippen LogP contribution in [-0.2, 0) is 9.31 Å². The maximum absolute atomic E-state index is 6.39. The van der Waals surface area contributed by atoms with E-state index in [1.165, 1.54) is 89.0 Å². The molecule has 0 radical (unpaired) electrons. The predicted molar refractivity (Wildman–Crippen MR) is 247 cm³/mol. The molecule has 0 saturated carbocycles. The Morgan fingerprint density at radius 2 is 0.552 bits per heavy atom. The molecule has 1 fully saturated rings. The lowest BCUT2D eigenvalue weighted by molar-refractivity contribution is 0.00578. The summed E-state index contributed by atoms with van der Waals surface area (Å²) in [6.07, 6.45) is 0. The third kappa shape index (κ3) is 6.10. The Balaban J connectivity index is 0.000000146. The summed E-state index contributed by atoms with van der Waals surface area (Å²) < 4.78 is 13.9. The topological polar surface area (TPSA) is 18.5 Å². The second-order valence-electron chi connectivity index (χ2n) is 16.4. The zero-order chi connectivity index (χ0) is 39.6. The molecule has 0 amide bonds. The highest BCUT2D eigenvalue weighted by Gasteiger charge is 2.51. The van der Waals surface area contributed by atoms with Crippen molar-refractivity contribution in [3.05, 3.63) is 186 Å². The minimum absolute atomic E-state index is 0.370. The van der Waals surface area contributed by atoms with E-state index < -0.39 is 0 Å². The van der Waals surface area contributed by atoms with Gasteiger partial charge in [0.05, 0.1) is 11.2 Å². The Morgan fingerprint density at radius 1 is 0.310 bits per heavy atom. The molecule has 8 aromatic carbocycles. The van der Waals surface area contributed by atoms with Crippen molar-refractivity contribution < 1.29 is 9.31 Å².